The number of rotatable bonds is 4. The van der Waals surface area contributed by atoms with Crippen LogP contribution in [-0.4, -0.2) is 4.98 Å². The Morgan fingerprint density at radius 2 is 2.04 bits per heavy atom. The van der Waals surface area contributed by atoms with E-state index in [1.54, 1.807) is 12.3 Å². The van der Waals surface area contributed by atoms with E-state index in [1.807, 2.05) is 54.8 Å². The number of anilines is 1. The molecule has 0 aliphatic rings. The van der Waals surface area contributed by atoms with Crippen LogP contribution in [0.4, 0.5) is 5.69 Å². The van der Waals surface area contributed by atoms with Gasteiger partial charge in [-0.25, -0.2) is 9.78 Å². The number of allylic oxidation sites excluding steroid dienone is 1. The van der Waals surface area contributed by atoms with Gasteiger partial charge in [0.2, 0.25) is 0 Å². The molecule has 5 nitrogen and oxygen atoms in total. The molecule has 2 aromatic heterocycles. The van der Waals surface area contributed by atoms with Crippen molar-refractivity contribution in [3.05, 3.63) is 87.2 Å². The fourth-order valence-corrected chi connectivity index (χ4v) is 3.65. The van der Waals surface area contributed by atoms with Gasteiger partial charge in [-0.1, -0.05) is 30.3 Å². The second kappa shape index (κ2) is 7.51. The molecule has 0 fully saturated rings. The summed E-state index contributed by atoms with van der Waals surface area (Å²) in [5.41, 5.74) is 3.98. The van der Waals surface area contributed by atoms with Crippen LogP contribution in [0.15, 0.2) is 75.4 Å². The molecule has 2 heterocycles. The van der Waals surface area contributed by atoms with E-state index in [-0.39, 0.29) is 5.63 Å². The number of hydrogen-bond donors (Lipinski definition) is 1. The van der Waals surface area contributed by atoms with Crippen molar-refractivity contribution in [3.8, 4) is 17.3 Å². The average molecular weight is 385 g/mol. The minimum absolute atomic E-state index is 0.383. The minimum Gasteiger partial charge on any atom is -0.423 e. The first-order valence-electron chi connectivity index (χ1n) is 8.57. The van der Waals surface area contributed by atoms with E-state index in [0.717, 1.165) is 22.2 Å². The van der Waals surface area contributed by atoms with Gasteiger partial charge in [0, 0.05) is 40.3 Å². The summed E-state index contributed by atoms with van der Waals surface area (Å²) in [4.78, 5) is 16.1. The normalized spacial score (nSPS) is 11.4. The lowest BCUT2D eigenvalue weighted by molar-refractivity contribution is 0.560. The number of nitrogens with one attached hydrogen (secondary N) is 1. The summed E-state index contributed by atoms with van der Waals surface area (Å²) in [6.07, 6.45) is 1.61. The standard InChI is InChI=1S/C22H15N3O2S/c1-14-9-21(26)27-20-10-17(7-8-18(14)20)24-12-16(11-23)22-25-19(13-28-22)15-5-3-2-4-6-15/h2-10,12-13,24H,1H3. The summed E-state index contributed by atoms with van der Waals surface area (Å²) in [5, 5.41) is 16.1. The molecule has 0 spiro atoms. The van der Waals surface area contributed by atoms with Crippen LogP contribution in [0.2, 0.25) is 0 Å². The highest BCUT2D eigenvalue weighted by Crippen LogP contribution is 2.26. The molecular weight excluding hydrogens is 370 g/mol. The Labute approximate surface area is 165 Å². The first-order chi connectivity index (χ1) is 13.6. The van der Waals surface area contributed by atoms with Crippen LogP contribution in [-0.2, 0) is 0 Å². The molecule has 0 aliphatic heterocycles. The first-order valence-corrected chi connectivity index (χ1v) is 9.44. The predicted molar refractivity (Wildman–Crippen MR) is 112 cm³/mol. The molecule has 6 heteroatoms. The Balaban J connectivity index is 1.61. The van der Waals surface area contributed by atoms with Gasteiger partial charge in [-0.3, -0.25) is 0 Å². The van der Waals surface area contributed by atoms with Crippen LogP contribution >= 0.6 is 11.3 Å². The summed E-state index contributed by atoms with van der Waals surface area (Å²) in [6, 6.07) is 19.0. The van der Waals surface area contributed by atoms with Gasteiger partial charge in [0.05, 0.1) is 5.69 Å². The number of fused-ring (bicyclic) bond motifs is 1. The van der Waals surface area contributed by atoms with Crippen LogP contribution in [0.25, 0.3) is 27.8 Å². The van der Waals surface area contributed by atoms with Crippen LogP contribution in [0.5, 0.6) is 0 Å². The topological polar surface area (TPSA) is 78.9 Å². The predicted octanol–water partition coefficient (Wildman–Crippen LogP) is 5.20. The summed E-state index contributed by atoms with van der Waals surface area (Å²) in [5.74, 6) is 0. The van der Waals surface area contributed by atoms with Crippen molar-refractivity contribution < 1.29 is 4.42 Å². The lowest BCUT2D eigenvalue weighted by Crippen LogP contribution is -1.98. The quantitative estimate of drug-likeness (QED) is 0.386. The zero-order valence-electron chi connectivity index (χ0n) is 15.0. The van der Waals surface area contributed by atoms with Gasteiger partial charge in [-0.05, 0) is 24.6 Å². The van der Waals surface area contributed by atoms with Gasteiger partial charge in [0.25, 0.3) is 0 Å². The Hall–Kier alpha value is -3.69. The van der Waals surface area contributed by atoms with Gasteiger partial charge >= 0.3 is 5.63 Å². The monoisotopic (exact) mass is 385 g/mol. The maximum atomic E-state index is 11.6. The van der Waals surface area contributed by atoms with E-state index in [0.29, 0.717) is 21.9 Å². The molecule has 28 heavy (non-hydrogen) atoms. The maximum absolute atomic E-state index is 11.6. The molecule has 136 valence electrons. The summed E-state index contributed by atoms with van der Waals surface area (Å²) >= 11 is 1.42. The van der Waals surface area contributed by atoms with Gasteiger partial charge in [0.1, 0.15) is 22.2 Å². The lowest BCUT2D eigenvalue weighted by Gasteiger charge is -2.05. The average Bonchev–Trinajstić information content (AvgIpc) is 3.19. The minimum atomic E-state index is -0.383. The summed E-state index contributed by atoms with van der Waals surface area (Å²) in [6.45, 7) is 1.87. The van der Waals surface area contributed by atoms with Gasteiger partial charge < -0.3 is 9.73 Å². The third-order valence-corrected chi connectivity index (χ3v) is 5.13. The van der Waals surface area contributed by atoms with E-state index in [9.17, 15) is 10.1 Å². The number of nitriles is 1. The second-order valence-electron chi connectivity index (χ2n) is 6.18. The van der Waals surface area contributed by atoms with E-state index >= 15 is 0 Å². The Morgan fingerprint density at radius 3 is 2.82 bits per heavy atom. The number of hydrogen-bond acceptors (Lipinski definition) is 6. The number of aryl methyl sites for hydroxylation is 1. The third-order valence-electron chi connectivity index (χ3n) is 4.26. The first kappa shape index (κ1) is 17.7. The molecule has 0 radical (unpaired) electrons. The molecule has 0 aliphatic carbocycles. The SMILES string of the molecule is Cc1cc(=O)oc2cc(NC=C(C#N)c3nc(-c4ccccc4)cs3)ccc12. The van der Waals surface area contributed by atoms with E-state index in [4.69, 9.17) is 4.42 Å². The van der Waals surface area contributed by atoms with Crippen molar-refractivity contribution in [2.24, 2.45) is 0 Å². The van der Waals surface area contributed by atoms with Crippen LogP contribution < -0.4 is 10.9 Å². The highest BCUT2D eigenvalue weighted by atomic mass is 32.1. The van der Waals surface area contributed by atoms with Crippen molar-refractivity contribution in [2.75, 3.05) is 5.32 Å². The fraction of sp³-hybridized carbons (Fsp3) is 0.0455. The second-order valence-corrected chi connectivity index (χ2v) is 7.04. The molecule has 4 aromatic rings. The Bertz CT molecular complexity index is 1280. The number of thiazole rings is 1. The lowest BCUT2D eigenvalue weighted by atomic mass is 10.1. The molecule has 0 saturated carbocycles. The van der Waals surface area contributed by atoms with Crippen LogP contribution in [0.3, 0.4) is 0 Å². The molecule has 0 unspecified atom stereocenters. The zero-order chi connectivity index (χ0) is 19.5. The largest absolute Gasteiger partial charge is 0.423 e. The third kappa shape index (κ3) is 3.56. The van der Waals surface area contributed by atoms with Gasteiger partial charge in [-0.15, -0.1) is 11.3 Å². The maximum Gasteiger partial charge on any atom is 0.336 e. The molecule has 2 aromatic carbocycles. The molecule has 1 N–H and O–H groups in total. The van der Waals surface area contributed by atoms with Crippen molar-refractivity contribution in [1.29, 1.82) is 5.26 Å². The van der Waals surface area contributed by atoms with Gasteiger partial charge in [0.15, 0.2) is 0 Å². The van der Waals surface area contributed by atoms with E-state index in [2.05, 4.69) is 16.4 Å². The zero-order valence-corrected chi connectivity index (χ0v) is 15.8. The smallest absolute Gasteiger partial charge is 0.336 e. The van der Waals surface area contributed by atoms with Crippen LogP contribution in [0.1, 0.15) is 10.6 Å². The highest BCUT2D eigenvalue weighted by Gasteiger charge is 2.09. The Kier molecular flexibility index (Phi) is 4.75. The molecular formula is C22H15N3O2S. The van der Waals surface area contributed by atoms with Crippen molar-refractivity contribution in [1.82, 2.24) is 4.98 Å². The molecule has 0 bridgehead atoms. The van der Waals surface area contributed by atoms with Gasteiger partial charge in [-0.2, -0.15) is 5.26 Å². The molecule has 0 atom stereocenters. The molecule has 0 amide bonds. The number of aromatic nitrogens is 1. The van der Waals surface area contributed by atoms with E-state index in [1.165, 1.54) is 17.4 Å². The fourth-order valence-electron chi connectivity index (χ4n) is 2.85. The van der Waals surface area contributed by atoms with Crippen molar-refractivity contribution in [3.63, 3.8) is 0 Å². The summed E-state index contributed by atoms with van der Waals surface area (Å²) < 4.78 is 5.26. The Morgan fingerprint density at radius 1 is 1.21 bits per heavy atom. The molecule has 4 rings (SSSR count). The van der Waals surface area contributed by atoms with E-state index < -0.39 is 0 Å². The molecule has 0 saturated heterocycles. The summed E-state index contributed by atoms with van der Waals surface area (Å²) in [7, 11) is 0. The van der Waals surface area contributed by atoms with Crippen molar-refractivity contribution >= 4 is 33.6 Å². The van der Waals surface area contributed by atoms with Crippen LogP contribution in [0, 0.1) is 18.3 Å². The number of nitrogens with zero attached hydrogens (tertiary/aromatic N) is 2. The highest BCUT2D eigenvalue weighted by molar-refractivity contribution is 7.11. The number of benzene rings is 2. The van der Waals surface area contributed by atoms with Crippen molar-refractivity contribution in [2.45, 2.75) is 6.92 Å².